The van der Waals surface area contributed by atoms with Crippen LogP contribution in [-0.4, -0.2) is 39.4 Å². The summed E-state index contributed by atoms with van der Waals surface area (Å²) in [5.41, 5.74) is 0. The minimum Gasteiger partial charge on any atom is -0.469 e. The first-order valence-electron chi connectivity index (χ1n) is 5.77. The summed E-state index contributed by atoms with van der Waals surface area (Å²) < 4.78 is 43.5. The van der Waals surface area contributed by atoms with Crippen LogP contribution >= 0.6 is 15.9 Å². The van der Waals surface area contributed by atoms with E-state index in [-0.39, 0.29) is 22.3 Å². The molecule has 1 aromatic carbocycles. The number of carbonyl (C=O) groups is 1. The lowest BCUT2D eigenvalue weighted by Gasteiger charge is -2.17. The van der Waals surface area contributed by atoms with Gasteiger partial charge in [0.2, 0.25) is 10.0 Å². The Morgan fingerprint density at radius 2 is 2.10 bits per heavy atom. The summed E-state index contributed by atoms with van der Waals surface area (Å²) in [6, 6.07) is 3.61. The summed E-state index contributed by atoms with van der Waals surface area (Å²) in [5, 5.41) is 0. The number of benzene rings is 1. The molecule has 112 valence electrons. The Morgan fingerprint density at radius 3 is 2.65 bits per heavy atom. The maximum atomic E-state index is 13.4. The molecule has 1 rings (SSSR count). The number of methoxy groups -OCH3 is 1. The first kappa shape index (κ1) is 17.1. The van der Waals surface area contributed by atoms with E-state index in [1.54, 1.807) is 0 Å². The molecule has 0 aliphatic carbocycles. The van der Waals surface area contributed by atoms with Crippen molar-refractivity contribution in [2.24, 2.45) is 0 Å². The number of hydrogen-bond acceptors (Lipinski definition) is 4. The van der Waals surface area contributed by atoms with E-state index in [0.29, 0.717) is 6.42 Å². The number of hydrogen-bond donors (Lipinski definition) is 0. The van der Waals surface area contributed by atoms with Gasteiger partial charge in [0.05, 0.1) is 16.5 Å². The molecule has 0 amide bonds. The molecule has 0 spiro atoms. The maximum absolute atomic E-state index is 13.4. The Bertz CT molecular complexity index is 591. The van der Waals surface area contributed by atoms with Gasteiger partial charge in [-0.05, 0) is 40.5 Å². The fraction of sp³-hybridized carbons (Fsp3) is 0.417. The fourth-order valence-electron chi connectivity index (χ4n) is 1.49. The third-order valence-electron chi connectivity index (χ3n) is 2.68. The van der Waals surface area contributed by atoms with Crippen LogP contribution in [0, 0.1) is 5.82 Å². The molecule has 0 unspecified atom stereocenters. The Hall–Kier alpha value is -0.990. The van der Waals surface area contributed by atoms with Crippen molar-refractivity contribution in [3.63, 3.8) is 0 Å². The molecular formula is C12H15BrFNO4S. The van der Waals surface area contributed by atoms with Gasteiger partial charge in [0.15, 0.2) is 0 Å². The maximum Gasteiger partial charge on any atom is 0.305 e. The standard InChI is InChI=1S/C12H15BrFNO4S/c1-15(7-3-4-12(16)19-2)20(17,18)9-5-6-10(13)11(14)8-9/h5-6,8H,3-4,7H2,1-2H3. The van der Waals surface area contributed by atoms with E-state index >= 15 is 0 Å². The van der Waals surface area contributed by atoms with Gasteiger partial charge in [-0.3, -0.25) is 4.79 Å². The number of rotatable bonds is 6. The molecule has 0 fully saturated rings. The Labute approximate surface area is 125 Å². The Balaban J connectivity index is 2.77. The number of halogens is 2. The average molecular weight is 368 g/mol. The lowest BCUT2D eigenvalue weighted by molar-refractivity contribution is -0.140. The van der Waals surface area contributed by atoms with Crippen molar-refractivity contribution in [2.75, 3.05) is 20.7 Å². The second kappa shape index (κ2) is 7.14. The van der Waals surface area contributed by atoms with Crippen molar-refractivity contribution in [2.45, 2.75) is 17.7 Å². The van der Waals surface area contributed by atoms with E-state index in [1.807, 2.05) is 0 Å². The van der Waals surface area contributed by atoms with E-state index in [2.05, 4.69) is 20.7 Å². The van der Waals surface area contributed by atoms with Crippen LogP contribution in [0.5, 0.6) is 0 Å². The molecule has 0 aromatic heterocycles. The van der Waals surface area contributed by atoms with Crippen molar-refractivity contribution in [1.82, 2.24) is 4.31 Å². The summed E-state index contributed by atoms with van der Waals surface area (Å²) in [5.74, 6) is -1.04. The molecule has 0 N–H and O–H groups in total. The van der Waals surface area contributed by atoms with E-state index < -0.39 is 21.8 Å². The van der Waals surface area contributed by atoms with Crippen LogP contribution in [0.2, 0.25) is 0 Å². The van der Waals surface area contributed by atoms with Crippen LogP contribution in [0.3, 0.4) is 0 Å². The van der Waals surface area contributed by atoms with E-state index in [9.17, 15) is 17.6 Å². The van der Waals surface area contributed by atoms with E-state index in [1.165, 1.54) is 26.3 Å². The smallest absolute Gasteiger partial charge is 0.305 e. The summed E-state index contributed by atoms with van der Waals surface area (Å²) in [7, 11) is -1.11. The average Bonchev–Trinajstić information content (AvgIpc) is 2.41. The second-order valence-electron chi connectivity index (χ2n) is 4.08. The second-order valence-corrected chi connectivity index (χ2v) is 6.98. The number of sulfonamides is 1. The molecule has 0 bridgehead atoms. The predicted molar refractivity (Wildman–Crippen MR) is 75.2 cm³/mol. The molecule has 0 radical (unpaired) electrons. The summed E-state index contributed by atoms with van der Waals surface area (Å²) in [6.07, 6.45) is 0.465. The normalized spacial score (nSPS) is 11.7. The lowest BCUT2D eigenvalue weighted by atomic mass is 10.3. The molecule has 0 saturated heterocycles. The zero-order valence-electron chi connectivity index (χ0n) is 11.1. The molecule has 20 heavy (non-hydrogen) atoms. The minimum absolute atomic E-state index is 0.126. The number of ether oxygens (including phenoxy) is 1. The number of esters is 1. The van der Waals surface area contributed by atoms with Crippen LogP contribution in [0.1, 0.15) is 12.8 Å². The highest BCUT2D eigenvalue weighted by molar-refractivity contribution is 9.10. The van der Waals surface area contributed by atoms with Gasteiger partial charge in [-0.25, -0.2) is 17.1 Å². The van der Waals surface area contributed by atoms with Crippen molar-refractivity contribution in [3.8, 4) is 0 Å². The molecule has 5 nitrogen and oxygen atoms in total. The van der Waals surface area contributed by atoms with Crippen molar-refractivity contribution >= 4 is 31.9 Å². The molecule has 0 aliphatic rings. The molecule has 0 heterocycles. The van der Waals surface area contributed by atoms with E-state index in [4.69, 9.17) is 0 Å². The lowest BCUT2D eigenvalue weighted by Crippen LogP contribution is -2.28. The van der Waals surface area contributed by atoms with Crippen molar-refractivity contribution < 1.29 is 22.3 Å². The van der Waals surface area contributed by atoms with Crippen LogP contribution in [-0.2, 0) is 19.6 Å². The SMILES string of the molecule is COC(=O)CCCN(C)S(=O)(=O)c1ccc(Br)c(F)c1. The van der Waals surface area contributed by atoms with Crippen molar-refractivity contribution in [1.29, 1.82) is 0 Å². The minimum atomic E-state index is -3.76. The van der Waals surface area contributed by atoms with Crippen LogP contribution in [0.25, 0.3) is 0 Å². The van der Waals surface area contributed by atoms with Gasteiger partial charge in [-0.15, -0.1) is 0 Å². The van der Waals surface area contributed by atoms with Gasteiger partial charge in [0.25, 0.3) is 0 Å². The fourth-order valence-corrected chi connectivity index (χ4v) is 2.95. The van der Waals surface area contributed by atoms with Gasteiger partial charge in [-0.2, -0.15) is 0 Å². The van der Waals surface area contributed by atoms with Gasteiger partial charge in [0, 0.05) is 20.0 Å². The number of carbonyl (C=O) groups excluding carboxylic acids is 1. The summed E-state index contributed by atoms with van der Waals surface area (Å²) >= 11 is 2.96. The van der Waals surface area contributed by atoms with Gasteiger partial charge < -0.3 is 4.74 Å². The van der Waals surface area contributed by atoms with E-state index in [0.717, 1.165) is 10.4 Å². The molecule has 0 saturated carbocycles. The quantitative estimate of drug-likeness (QED) is 0.722. The first-order valence-corrected chi connectivity index (χ1v) is 8.00. The third-order valence-corrected chi connectivity index (χ3v) is 5.18. The summed E-state index contributed by atoms with van der Waals surface area (Å²) in [4.78, 5) is 10.8. The third kappa shape index (κ3) is 4.26. The highest BCUT2D eigenvalue weighted by Crippen LogP contribution is 2.21. The summed E-state index contributed by atoms with van der Waals surface area (Å²) in [6.45, 7) is 0.148. The van der Waals surface area contributed by atoms with Crippen molar-refractivity contribution in [3.05, 3.63) is 28.5 Å². The van der Waals surface area contributed by atoms with Gasteiger partial charge in [0.1, 0.15) is 5.82 Å². The molecule has 1 aromatic rings. The zero-order valence-corrected chi connectivity index (χ0v) is 13.5. The van der Waals surface area contributed by atoms with Crippen LogP contribution in [0.4, 0.5) is 4.39 Å². The largest absolute Gasteiger partial charge is 0.469 e. The van der Waals surface area contributed by atoms with Crippen LogP contribution in [0.15, 0.2) is 27.6 Å². The topological polar surface area (TPSA) is 63.7 Å². The monoisotopic (exact) mass is 367 g/mol. The molecule has 0 aliphatic heterocycles. The van der Waals surface area contributed by atoms with Crippen LogP contribution < -0.4 is 0 Å². The molecular weight excluding hydrogens is 353 g/mol. The Morgan fingerprint density at radius 1 is 1.45 bits per heavy atom. The highest BCUT2D eigenvalue weighted by Gasteiger charge is 2.21. The molecule has 0 atom stereocenters. The molecule has 8 heteroatoms. The predicted octanol–water partition coefficient (Wildman–Crippen LogP) is 2.16. The first-order chi connectivity index (χ1) is 9.28. The zero-order chi connectivity index (χ0) is 15.3. The number of nitrogens with zero attached hydrogens (tertiary/aromatic N) is 1. The van der Waals surface area contributed by atoms with Gasteiger partial charge >= 0.3 is 5.97 Å². The highest BCUT2D eigenvalue weighted by atomic mass is 79.9. The van der Waals surface area contributed by atoms with Gasteiger partial charge in [-0.1, -0.05) is 0 Å². The Kier molecular flexibility index (Phi) is 6.09.